The van der Waals surface area contributed by atoms with Crippen LogP contribution in [0.3, 0.4) is 0 Å². The van der Waals surface area contributed by atoms with Crippen LogP contribution < -0.4 is 5.32 Å². The summed E-state index contributed by atoms with van der Waals surface area (Å²) >= 11 is 0. The molecule has 1 heterocycles. The predicted molar refractivity (Wildman–Crippen MR) is 109 cm³/mol. The van der Waals surface area contributed by atoms with Gasteiger partial charge in [0.05, 0.1) is 17.1 Å². The molecule has 3 rings (SSSR count). The van der Waals surface area contributed by atoms with Crippen LogP contribution in [-0.2, 0) is 14.8 Å². The Labute approximate surface area is 166 Å². The topological polar surface area (TPSA) is 75.7 Å². The SMILES string of the molecule is Cc1ccc(C(=O)Nc2ccc(S(=O)(=O)N3CC(C)OC(C)C3)cc2)c(C)c1. The normalized spacial score (nSPS) is 20.7. The average molecular weight is 403 g/mol. The fraction of sp³-hybridized carbons (Fsp3) is 0.381. The predicted octanol–water partition coefficient (Wildman–Crippen LogP) is 3.35. The lowest BCUT2D eigenvalue weighted by Crippen LogP contribution is -2.48. The van der Waals surface area contributed by atoms with Crippen LogP contribution in [0.25, 0.3) is 0 Å². The largest absolute Gasteiger partial charge is 0.373 e. The lowest BCUT2D eigenvalue weighted by Gasteiger charge is -2.34. The van der Waals surface area contributed by atoms with Crippen LogP contribution in [0.15, 0.2) is 47.4 Å². The number of hydrogen-bond donors (Lipinski definition) is 1. The summed E-state index contributed by atoms with van der Waals surface area (Å²) < 4.78 is 32.9. The van der Waals surface area contributed by atoms with Crippen LogP contribution in [0, 0.1) is 13.8 Å². The number of hydrogen-bond acceptors (Lipinski definition) is 4. The summed E-state index contributed by atoms with van der Waals surface area (Å²) in [5.74, 6) is -0.219. The van der Waals surface area contributed by atoms with Crippen molar-refractivity contribution in [2.24, 2.45) is 0 Å². The minimum Gasteiger partial charge on any atom is -0.373 e. The molecule has 2 aromatic carbocycles. The van der Waals surface area contributed by atoms with Gasteiger partial charge in [-0.3, -0.25) is 4.79 Å². The number of rotatable bonds is 4. The van der Waals surface area contributed by atoms with Crippen molar-refractivity contribution in [3.63, 3.8) is 0 Å². The van der Waals surface area contributed by atoms with Crippen LogP contribution in [0.1, 0.15) is 35.3 Å². The number of anilines is 1. The van der Waals surface area contributed by atoms with E-state index in [0.717, 1.165) is 11.1 Å². The molecule has 7 heteroatoms. The van der Waals surface area contributed by atoms with E-state index in [2.05, 4.69) is 5.32 Å². The molecule has 0 saturated carbocycles. The summed E-state index contributed by atoms with van der Waals surface area (Å²) in [6.45, 7) is 8.26. The molecule has 0 aromatic heterocycles. The second kappa shape index (κ2) is 8.03. The van der Waals surface area contributed by atoms with Gasteiger partial charge in [-0.15, -0.1) is 0 Å². The maximum absolute atomic E-state index is 12.9. The molecule has 2 atom stereocenters. The van der Waals surface area contributed by atoms with E-state index < -0.39 is 10.0 Å². The molecule has 1 amide bonds. The second-order valence-corrected chi connectivity index (χ2v) is 9.31. The third-order valence-corrected chi connectivity index (χ3v) is 6.61. The highest BCUT2D eigenvalue weighted by Crippen LogP contribution is 2.23. The first-order chi connectivity index (χ1) is 13.2. The Kier molecular flexibility index (Phi) is 5.88. The van der Waals surface area contributed by atoms with Gasteiger partial charge in [-0.1, -0.05) is 17.7 Å². The number of nitrogens with zero attached hydrogens (tertiary/aromatic N) is 1. The van der Waals surface area contributed by atoms with E-state index in [0.29, 0.717) is 24.3 Å². The summed E-state index contributed by atoms with van der Waals surface area (Å²) in [5.41, 5.74) is 3.13. The molecule has 2 unspecified atom stereocenters. The van der Waals surface area contributed by atoms with Gasteiger partial charge < -0.3 is 10.1 Å². The number of aryl methyl sites for hydroxylation is 2. The molecule has 0 bridgehead atoms. The Bertz CT molecular complexity index is 960. The van der Waals surface area contributed by atoms with Gasteiger partial charge in [-0.05, 0) is 63.6 Å². The first kappa shape index (κ1) is 20.5. The molecule has 150 valence electrons. The molecule has 1 aliphatic rings. The number of amides is 1. The maximum atomic E-state index is 12.9. The first-order valence-electron chi connectivity index (χ1n) is 9.31. The van der Waals surface area contributed by atoms with Gasteiger partial charge in [-0.2, -0.15) is 4.31 Å². The molecule has 28 heavy (non-hydrogen) atoms. The highest BCUT2D eigenvalue weighted by Gasteiger charge is 2.32. The highest BCUT2D eigenvalue weighted by atomic mass is 32.2. The van der Waals surface area contributed by atoms with Gasteiger partial charge in [0.2, 0.25) is 10.0 Å². The smallest absolute Gasteiger partial charge is 0.255 e. The van der Waals surface area contributed by atoms with Gasteiger partial charge in [0.25, 0.3) is 5.91 Å². The minimum atomic E-state index is -3.60. The molecular formula is C21H26N2O4S. The molecule has 0 spiro atoms. The monoisotopic (exact) mass is 402 g/mol. The summed E-state index contributed by atoms with van der Waals surface area (Å²) in [4.78, 5) is 12.7. The third-order valence-electron chi connectivity index (χ3n) is 4.76. The molecule has 1 saturated heterocycles. The molecule has 2 aromatic rings. The van der Waals surface area contributed by atoms with Crippen molar-refractivity contribution in [3.05, 3.63) is 59.2 Å². The van der Waals surface area contributed by atoms with Gasteiger partial charge >= 0.3 is 0 Å². The summed E-state index contributed by atoms with van der Waals surface area (Å²) in [7, 11) is -3.60. The Morgan fingerprint density at radius 3 is 2.21 bits per heavy atom. The number of benzene rings is 2. The Morgan fingerprint density at radius 2 is 1.64 bits per heavy atom. The fourth-order valence-corrected chi connectivity index (χ4v) is 5.04. The number of carbonyl (C=O) groups excluding carboxylic acids is 1. The molecule has 6 nitrogen and oxygen atoms in total. The van der Waals surface area contributed by atoms with E-state index in [4.69, 9.17) is 4.74 Å². The molecule has 1 fully saturated rings. The number of morpholine rings is 1. The summed E-state index contributed by atoms with van der Waals surface area (Å²) in [6.07, 6.45) is -0.287. The zero-order valence-electron chi connectivity index (χ0n) is 16.6. The van der Waals surface area contributed by atoms with Crippen LogP contribution in [0.4, 0.5) is 5.69 Å². The number of ether oxygens (including phenoxy) is 1. The van der Waals surface area contributed by atoms with Crippen LogP contribution in [-0.4, -0.2) is 43.9 Å². The van der Waals surface area contributed by atoms with Crippen molar-refractivity contribution >= 4 is 21.6 Å². The summed E-state index contributed by atoms with van der Waals surface area (Å²) in [5, 5.41) is 2.82. The van der Waals surface area contributed by atoms with Crippen molar-refractivity contribution in [2.75, 3.05) is 18.4 Å². The standard InChI is InChI=1S/C21H26N2O4S/c1-14-5-10-20(15(2)11-14)21(24)22-18-6-8-19(9-7-18)28(25,26)23-12-16(3)27-17(4)13-23/h5-11,16-17H,12-13H2,1-4H3,(H,22,24). The number of sulfonamides is 1. The van der Waals surface area contributed by atoms with E-state index >= 15 is 0 Å². The Balaban J connectivity index is 1.75. The summed E-state index contributed by atoms with van der Waals surface area (Å²) in [6, 6.07) is 11.9. The fourth-order valence-electron chi connectivity index (χ4n) is 3.45. The Hall–Kier alpha value is -2.22. The van der Waals surface area contributed by atoms with Crippen molar-refractivity contribution in [3.8, 4) is 0 Å². The molecular weight excluding hydrogens is 376 g/mol. The molecule has 1 aliphatic heterocycles. The number of carbonyl (C=O) groups is 1. The van der Waals surface area contributed by atoms with Crippen molar-refractivity contribution in [2.45, 2.75) is 44.8 Å². The van der Waals surface area contributed by atoms with E-state index in [9.17, 15) is 13.2 Å². The van der Waals surface area contributed by atoms with E-state index in [-0.39, 0.29) is 23.0 Å². The van der Waals surface area contributed by atoms with Crippen molar-refractivity contribution < 1.29 is 17.9 Å². The van der Waals surface area contributed by atoms with Crippen LogP contribution in [0.5, 0.6) is 0 Å². The molecule has 0 radical (unpaired) electrons. The van der Waals surface area contributed by atoms with E-state index in [1.807, 2.05) is 39.8 Å². The zero-order valence-corrected chi connectivity index (χ0v) is 17.4. The van der Waals surface area contributed by atoms with Crippen LogP contribution in [0.2, 0.25) is 0 Å². The van der Waals surface area contributed by atoms with Crippen molar-refractivity contribution in [1.82, 2.24) is 4.31 Å². The second-order valence-electron chi connectivity index (χ2n) is 7.38. The highest BCUT2D eigenvalue weighted by molar-refractivity contribution is 7.89. The van der Waals surface area contributed by atoms with Gasteiger partial charge in [0.1, 0.15) is 0 Å². The third kappa shape index (κ3) is 4.43. The average Bonchev–Trinajstić information content (AvgIpc) is 2.61. The van der Waals surface area contributed by atoms with Gasteiger partial charge in [0, 0.05) is 24.3 Å². The van der Waals surface area contributed by atoms with Gasteiger partial charge in [-0.25, -0.2) is 8.42 Å². The molecule has 1 N–H and O–H groups in total. The molecule has 0 aliphatic carbocycles. The lowest BCUT2D eigenvalue weighted by molar-refractivity contribution is -0.0440. The number of nitrogens with one attached hydrogen (secondary N) is 1. The van der Waals surface area contributed by atoms with E-state index in [1.165, 1.54) is 16.4 Å². The zero-order chi connectivity index (χ0) is 20.5. The van der Waals surface area contributed by atoms with Gasteiger partial charge in [0.15, 0.2) is 0 Å². The van der Waals surface area contributed by atoms with Crippen LogP contribution >= 0.6 is 0 Å². The van der Waals surface area contributed by atoms with Crippen molar-refractivity contribution in [1.29, 1.82) is 0 Å². The maximum Gasteiger partial charge on any atom is 0.255 e. The Morgan fingerprint density at radius 1 is 1.04 bits per heavy atom. The quantitative estimate of drug-likeness (QED) is 0.851. The first-order valence-corrected chi connectivity index (χ1v) is 10.7. The lowest BCUT2D eigenvalue weighted by atomic mass is 10.1. The minimum absolute atomic E-state index is 0.144. The van der Waals surface area contributed by atoms with E-state index in [1.54, 1.807) is 18.2 Å².